The number of benzene rings is 1. The maximum atomic E-state index is 13.4. The van der Waals surface area contributed by atoms with E-state index in [9.17, 15) is 9.18 Å². The van der Waals surface area contributed by atoms with E-state index in [0.29, 0.717) is 17.9 Å². The van der Waals surface area contributed by atoms with Crippen LogP contribution in [0.2, 0.25) is 5.02 Å². The molecule has 0 radical (unpaired) electrons. The number of anilines is 1. The highest BCUT2D eigenvalue weighted by Crippen LogP contribution is 2.17. The number of rotatable bonds is 5. The molecule has 1 unspecified atom stereocenters. The van der Waals surface area contributed by atoms with Gasteiger partial charge in [-0.2, -0.15) is 5.10 Å². The Hall–Kier alpha value is -1.92. The van der Waals surface area contributed by atoms with E-state index < -0.39 is 5.82 Å². The summed E-state index contributed by atoms with van der Waals surface area (Å²) in [7, 11) is 0. The van der Waals surface area contributed by atoms with Crippen molar-refractivity contribution in [1.82, 2.24) is 9.78 Å². The first-order valence-corrected chi connectivity index (χ1v) is 6.85. The molecule has 0 aliphatic rings. The fourth-order valence-electron chi connectivity index (χ4n) is 1.73. The van der Waals surface area contributed by atoms with E-state index in [0.717, 1.165) is 0 Å². The van der Waals surface area contributed by atoms with Crippen LogP contribution in [0.25, 0.3) is 0 Å². The minimum atomic E-state index is -0.483. The summed E-state index contributed by atoms with van der Waals surface area (Å²) in [6, 6.07) is 6.22. The van der Waals surface area contributed by atoms with E-state index in [1.54, 1.807) is 29.9 Å². The van der Waals surface area contributed by atoms with E-state index >= 15 is 0 Å². The SMILES string of the molecule is CC(CN)C(=O)Nc1ccnn1Cc1ccc(Cl)c(F)c1. The van der Waals surface area contributed by atoms with Crippen LogP contribution in [0.15, 0.2) is 30.5 Å². The zero-order valence-corrected chi connectivity index (χ0v) is 12.3. The normalized spacial score (nSPS) is 12.2. The van der Waals surface area contributed by atoms with Gasteiger partial charge in [-0.3, -0.25) is 4.79 Å². The lowest BCUT2D eigenvalue weighted by molar-refractivity contribution is -0.119. The Morgan fingerprint density at radius 2 is 2.29 bits per heavy atom. The summed E-state index contributed by atoms with van der Waals surface area (Å²) in [6.45, 7) is 2.33. The van der Waals surface area contributed by atoms with E-state index in [-0.39, 0.29) is 23.4 Å². The topological polar surface area (TPSA) is 72.9 Å². The largest absolute Gasteiger partial charge is 0.330 e. The molecule has 1 aromatic heterocycles. The fraction of sp³-hybridized carbons (Fsp3) is 0.286. The molecule has 1 heterocycles. The molecule has 1 amide bonds. The van der Waals surface area contributed by atoms with Crippen molar-refractivity contribution in [2.75, 3.05) is 11.9 Å². The van der Waals surface area contributed by atoms with Crippen molar-refractivity contribution in [3.8, 4) is 0 Å². The lowest BCUT2D eigenvalue weighted by Gasteiger charge is -2.12. The summed E-state index contributed by atoms with van der Waals surface area (Å²) in [5, 5.41) is 6.94. The Labute approximate surface area is 126 Å². The second kappa shape index (κ2) is 6.69. The molecule has 0 fully saturated rings. The Balaban J connectivity index is 2.13. The molecule has 0 aliphatic heterocycles. The molecule has 0 aliphatic carbocycles. The average molecular weight is 311 g/mol. The predicted molar refractivity (Wildman–Crippen MR) is 79.6 cm³/mol. The van der Waals surface area contributed by atoms with Gasteiger partial charge in [0.15, 0.2) is 0 Å². The smallest absolute Gasteiger partial charge is 0.229 e. The van der Waals surface area contributed by atoms with Crippen molar-refractivity contribution in [3.63, 3.8) is 0 Å². The third-order valence-electron chi connectivity index (χ3n) is 3.09. The van der Waals surface area contributed by atoms with Crippen molar-refractivity contribution in [1.29, 1.82) is 0 Å². The second-order valence-corrected chi connectivity index (χ2v) is 5.16. The van der Waals surface area contributed by atoms with Gasteiger partial charge in [0.05, 0.1) is 17.8 Å². The van der Waals surface area contributed by atoms with Gasteiger partial charge in [0.1, 0.15) is 11.6 Å². The molecule has 21 heavy (non-hydrogen) atoms. The van der Waals surface area contributed by atoms with Crippen LogP contribution in [0, 0.1) is 11.7 Å². The molecule has 112 valence electrons. The van der Waals surface area contributed by atoms with Gasteiger partial charge in [-0.15, -0.1) is 0 Å². The van der Waals surface area contributed by atoms with Crippen molar-refractivity contribution in [2.45, 2.75) is 13.5 Å². The van der Waals surface area contributed by atoms with Gasteiger partial charge in [0, 0.05) is 18.5 Å². The van der Waals surface area contributed by atoms with E-state index in [1.807, 2.05) is 0 Å². The Kier molecular flexibility index (Phi) is 4.93. The number of hydrogen-bond donors (Lipinski definition) is 2. The molecule has 2 rings (SSSR count). The van der Waals surface area contributed by atoms with Crippen molar-refractivity contribution in [3.05, 3.63) is 46.9 Å². The number of nitrogens with zero attached hydrogens (tertiary/aromatic N) is 2. The summed E-state index contributed by atoms with van der Waals surface area (Å²) in [6.07, 6.45) is 1.56. The van der Waals surface area contributed by atoms with E-state index in [4.69, 9.17) is 17.3 Å². The molecule has 7 heteroatoms. The zero-order valence-electron chi connectivity index (χ0n) is 11.5. The first kappa shape index (κ1) is 15.5. The molecule has 0 bridgehead atoms. The molecule has 0 spiro atoms. The Bertz CT molecular complexity index is 644. The highest BCUT2D eigenvalue weighted by atomic mass is 35.5. The molecular weight excluding hydrogens is 295 g/mol. The first-order chi connectivity index (χ1) is 10.0. The molecule has 0 saturated carbocycles. The fourth-order valence-corrected chi connectivity index (χ4v) is 1.85. The van der Waals surface area contributed by atoms with Gasteiger partial charge < -0.3 is 11.1 Å². The minimum Gasteiger partial charge on any atom is -0.330 e. The summed E-state index contributed by atoms with van der Waals surface area (Å²) < 4.78 is 15.0. The van der Waals surface area contributed by atoms with Crippen LogP contribution in [-0.2, 0) is 11.3 Å². The molecule has 0 saturated heterocycles. The number of nitrogens with one attached hydrogen (secondary N) is 1. The zero-order chi connectivity index (χ0) is 15.4. The van der Waals surface area contributed by atoms with Crippen LogP contribution in [0.3, 0.4) is 0 Å². The molecule has 3 N–H and O–H groups in total. The maximum Gasteiger partial charge on any atom is 0.229 e. The maximum absolute atomic E-state index is 13.4. The lowest BCUT2D eigenvalue weighted by atomic mass is 10.2. The van der Waals surface area contributed by atoms with Gasteiger partial charge in [0.25, 0.3) is 0 Å². The third-order valence-corrected chi connectivity index (χ3v) is 3.39. The van der Waals surface area contributed by atoms with Crippen LogP contribution < -0.4 is 11.1 Å². The molecule has 1 atom stereocenters. The van der Waals surface area contributed by atoms with Gasteiger partial charge in [-0.1, -0.05) is 24.6 Å². The number of hydrogen-bond acceptors (Lipinski definition) is 3. The van der Waals surface area contributed by atoms with Crippen LogP contribution in [0.5, 0.6) is 0 Å². The predicted octanol–water partition coefficient (Wildman–Crippen LogP) is 2.26. The van der Waals surface area contributed by atoms with Crippen LogP contribution >= 0.6 is 11.6 Å². The molecular formula is C14H16ClFN4O. The minimum absolute atomic E-state index is 0.0736. The summed E-state index contributed by atoms with van der Waals surface area (Å²) >= 11 is 5.65. The first-order valence-electron chi connectivity index (χ1n) is 6.48. The van der Waals surface area contributed by atoms with Gasteiger partial charge in [-0.05, 0) is 17.7 Å². The van der Waals surface area contributed by atoms with Crippen molar-refractivity contribution in [2.24, 2.45) is 11.7 Å². The Morgan fingerprint density at radius 3 is 2.95 bits per heavy atom. The third kappa shape index (κ3) is 3.80. The van der Waals surface area contributed by atoms with Crippen LogP contribution in [0.4, 0.5) is 10.2 Å². The lowest BCUT2D eigenvalue weighted by Crippen LogP contribution is -2.27. The van der Waals surface area contributed by atoms with Crippen LogP contribution in [0.1, 0.15) is 12.5 Å². The van der Waals surface area contributed by atoms with Crippen molar-refractivity contribution < 1.29 is 9.18 Å². The number of carbonyl (C=O) groups is 1. The number of carbonyl (C=O) groups excluding carboxylic acids is 1. The van der Waals surface area contributed by atoms with Gasteiger partial charge >= 0.3 is 0 Å². The summed E-state index contributed by atoms with van der Waals surface area (Å²) in [5.74, 6) is -0.415. The number of halogens is 2. The second-order valence-electron chi connectivity index (χ2n) is 4.75. The Morgan fingerprint density at radius 1 is 1.52 bits per heavy atom. The number of aromatic nitrogens is 2. The monoisotopic (exact) mass is 310 g/mol. The van der Waals surface area contributed by atoms with E-state index in [1.165, 1.54) is 12.1 Å². The molecule has 1 aromatic carbocycles. The summed E-state index contributed by atoms with van der Waals surface area (Å²) in [5.41, 5.74) is 6.15. The van der Waals surface area contributed by atoms with Gasteiger partial charge in [-0.25, -0.2) is 9.07 Å². The highest BCUT2D eigenvalue weighted by molar-refractivity contribution is 6.30. The van der Waals surface area contributed by atoms with Crippen LogP contribution in [-0.4, -0.2) is 22.2 Å². The number of nitrogens with two attached hydrogens (primary N) is 1. The highest BCUT2D eigenvalue weighted by Gasteiger charge is 2.13. The average Bonchev–Trinajstić information content (AvgIpc) is 2.89. The molecule has 5 nitrogen and oxygen atoms in total. The van der Waals surface area contributed by atoms with E-state index in [2.05, 4.69) is 10.4 Å². The summed E-state index contributed by atoms with van der Waals surface area (Å²) in [4.78, 5) is 11.8. The standard InChI is InChI=1S/C14H16ClFN4O/c1-9(7-17)14(21)19-13-4-5-18-20(13)8-10-2-3-11(15)12(16)6-10/h2-6,9H,7-8,17H2,1H3,(H,19,21). The molecule has 2 aromatic rings. The quantitative estimate of drug-likeness (QED) is 0.889. The number of amides is 1. The van der Waals surface area contributed by atoms with Gasteiger partial charge in [0.2, 0.25) is 5.91 Å². The van der Waals surface area contributed by atoms with Crippen molar-refractivity contribution >= 4 is 23.3 Å².